The first-order valence-electron chi connectivity index (χ1n) is 10.1. The quantitative estimate of drug-likeness (QED) is 0.591. The number of allylic oxidation sites excluding steroid dienone is 1. The number of carbonyl (C=O) groups is 2. The van der Waals surface area contributed by atoms with Crippen molar-refractivity contribution in [1.82, 2.24) is 0 Å². The van der Waals surface area contributed by atoms with Crippen molar-refractivity contribution >= 4 is 17.6 Å². The Labute approximate surface area is 163 Å². The van der Waals surface area contributed by atoms with Gasteiger partial charge in [0.05, 0.1) is 6.61 Å². The standard InChI is InChI=1S/C24H21NO3/c1-2-28-23(27)24-21-14-11-12-20(26)25(24)19-10-6-5-9-17(19)22(24)18(13-14)15-7-3-4-8-16(15)21/h3-10,13,18,21-22H,2,11-12H2,1H3/t18?,21?,22-,24+/m0/s1. The molecule has 0 N–H and O–H groups in total. The van der Waals surface area contributed by atoms with Gasteiger partial charge in [0.15, 0.2) is 5.54 Å². The Bertz CT molecular complexity index is 1070. The van der Waals surface area contributed by atoms with E-state index in [1.54, 1.807) is 0 Å². The molecular weight excluding hydrogens is 350 g/mol. The number of amides is 1. The highest BCUT2D eigenvalue weighted by Gasteiger charge is 2.71. The zero-order valence-corrected chi connectivity index (χ0v) is 15.7. The van der Waals surface area contributed by atoms with Crippen LogP contribution >= 0.6 is 0 Å². The van der Waals surface area contributed by atoms with Crippen molar-refractivity contribution in [3.05, 3.63) is 76.9 Å². The third-order valence-corrected chi connectivity index (χ3v) is 7.07. The number of hydrogen-bond acceptors (Lipinski definition) is 3. The Balaban J connectivity index is 1.75. The van der Waals surface area contributed by atoms with Crippen LogP contribution < -0.4 is 4.90 Å². The zero-order chi connectivity index (χ0) is 19.0. The van der Waals surface area contributed by atoms with E-state index in [0.29, 0.717) is 19.4 Å². The lowest BCUT2D eigenvalue weighted by Crippen LogP contribution is -2.64. The van der Waals surface area contributed by atoms with Gasteiger partial charge in [0.25, 0.3) is 0 Å². The Kier molecular flexibility index (Phi) is 3.07. The molecule has 2 heterocycles. The second-order valence-corrected chi connectivity index (χ2v) is 8.14. The van der Waals surface area contributed by atoms with Gasteiger partial charge in [0.1, 0.15) is 0 Å². The van der Waals surface area contributed by atoms with E-state index in [4.69, 9.17) is 4.74 Å². The van der Waals surface area contributed by atoms with Crippen LogP contribution in [0.3, 0.4) is 0 Å². The molecule has 4 nitrogen and oxygen atoms in total. The molecule has 2 unspecified atom stereocenters. The Morgan fingerprint density at radius 3 is 2.57 bits per heavy atom. The second kappa shape index (κ2) is 5.34. The molecule has 0 saturated carbocycles. The summed E-state index contributed by atoms with van der Waals surface area (Å²) in [6, 6.07) is 16.5. The summed E-state index contributed by atoms with van der Waals surface area (Å²) in [4.78, 5) is 28.9. The summed E-state index contributed by atoms with van der Waals surface area (Å²) < 4.78 is 5.68. The molecule has 0 aromatic heterocycles. The first-order chi connectivity index (χ1) is 13.7. The number of anilines is 1. The molecule has 3 aliphatic carbocycles. The van der Waals surface area contributed by atoms with Crippen molar-refractivity contribution in [1.29, 1.82) is 0 Å². The topological polar surface area (TPSA) is 46.6 Å². The van der Waals surface area contributed by atoms with E-state index in [0.717, 1.165) is 11.3 Å². The Hall–Kier alpha value is -2.88. The molecule has 2 aliphatic heterocycles. The van der Waals surface area contributed by atoms with E-state index in [1.165, 1.54) is 16.7 Å². The normalized spacial score (nSPS) is 31.0. The molecule has 4 bridgehead atoms. The van der Waals surface area contributed by atoms with E-state index in [9.17, 15) is 9.59 Å². The van der Waals surface area contributed by atoms with Crippen LogP contribution in [0.1, 0.15) is 54.2 Å². The predicted octanol–water partition coefficient (Wildman–Crippen LogP) is 4.03. The summed E-state index contributed by atoms with van der Waals surface area (Å²) in [7, 11) is 0. The fourth-order valence-corrected chi connectivity index (χ4v) is 6.31. The van der Waals surface area contributed by atoms with Gasteiger partial charge in [0.2, 0.25) is 5.91 Å². The number of fused-ring (bicyclic) bond motifs is 2. The van der Waals surface area contributed by atoms with Gasteiger partial charge in [-0.1, -0.05) is 54.1 Å². The van der Waals surface area contributed by atoms with Crippen LogP contribution in [0.15, 0.2) is 60.2 Å². The minimum absolute atomic E-state index is 0.0245. The van der Waals surface area contributed by atoms with Gasteiger partial charge in [-0.15, -0.1) is 0 Å². The van der Waals surface area contributed by atoms with Crippen LogP contribution in [0.5, 0.6) is 0 Å². The van der Waals surface area contributed by atoms with Gasteiger partial charge in [-0.25, -0.2) is 4.79 Å². The summed E-state index contributed by atoms with van der Waals surface area (Å²) in [5, 5.41) is 0. The summed E-state index contributed by atoms with van der Waals surface area (Å²) in [5.74, 6) is -0.402. The molecule has 140 valence electrons. The lowest BCUT2D eigenvalue weighted by atomic mass is 9.52. The second-order valence-electron chi connectivity index (χ2n) is 8.14. The molecule has 0 radical (unpaired) electrons. The van der Waals surface area contributed by atoms with Crippen molar-refractivity contribution < 1.29 is 14.3 Å². The SMILES string of the molecule is CCOC(=O)[C@@]12C3C4=CC(c5ccccc53)[C@@H]1c1ccccc1N2C(=O)CC4. The van der Waals surface area contributed by atoms with Crippen LogP contribution in [0.4, 0.5) is 5.69 Å². The zero-order valence-electron chi connectivity index (χ0n) is 15.7. The smallest absolute Gasteiger partial charge is 0.334 e. The van der Waals surface area contributed by atoms with Crippen LogP contribution in [-0.4, -0.2) is 24.0 Å². The fraction of sp³-hybridized carbons (Fsp3) is 0.333. The summed E-state index contributed by atoms with van der Waals surface area (Å²) in [6.45, 7) is 2.15. The van der Waals surface area contributed by atoms with Crippen molar-refractivity contribution in [3.8, 4) is 0 Å². The van der Waals surface area contributed by atoms with Gasteiger partial charge < -0.3 is 4.74 Å². The lowest BCUT2D eigenvalue weighted by Gasteiger charge is -2.54. The fourth-order valence-electron chi connectivity index (χ4n) is 6.31. The molecule has 1 fully saturated rings. The highest BCUT2D eigenvalue weighted by Crippen LogP contribution is 2.69. The molecule has 28 heavy (non-hydrogen) atoms. The number of benzene rings is 2. The summed E-state index contributed by atoms with van der Waals surface area (Å²) in [5.41, 5.74) is 4.65. The average molecular weight is 371 g/mol. The molecule has 1 saturated heterocycles. The molecule has 2 aromatic carbocycles. The molecule has 5 aliphatic rings. The number of ether oxygens (including phenoxy) is 1. The van der Waals surface area contributed by atoms with Crippen LogP contribution in [-0.2, 0) is 14.3 Å². The first kappa shape index (κ1) is 16.1. The third kappa shape index (κ3) is 1.64. The van der Waals surface area contributed by atoms with Crippen LogP contribution in [0.25, 0.3) is 0 Å². The first-order valence-corrected chi connectivity index (χ1v) is 10.1. The average Bonchev–Trinajstić information content (AvgIpc) is 3.00. The van der Waals surface area contributed by atoms with Gasteiger partial charge in [0, 0.05) is 29.9 Å². The third-order valence-electron chi connectivity index (χ3n) is 7.07. The Morgan fingerprint density at radius 1 is 1.07 bits per heavy atom. The molecular formula is C24H21NO3. The molecule has 0 spiro atoms. The minimum Gasteiger partial charge on any atom is -0.464 e. The summed E-state index contributed by atoms with van der Waals surface area (Å²) >= 11 is 0. The Morgan fingerprint density at radius 2 is 1.79 bits per heavy atom. The molecule has 2 aromatic rings. The van der Waals surface area contributed by atoms with E-state index in [1.807, 2.05) is 36.1 Å². The van der Waals surface area contributed by atoms with E-state index >= 15 is 0 Å². The molecule has 4 atom stereocenters. The number of nitrogens with zero attached hydrogens (tertiary/aromatic N) is 1. The maximum Gasteiger partial charge on any atom is 0.334 e. The van der Waals surface area contributed by atoms with Gasteiger partial charge in [-0.3, -0.25) is 9.69 Å². The van der Waals surface area contributed by atoms with Crippen molar-refractivity contribution in [3.63, 3.8) is 0 Å². The van der Waals surface area contributed by atoms with Gasteiger partial charge in [-0.2, -0.15) is 0 Å². The van der Waals surface area contributed by atoms with Crippen molar-refractivity contribution in [2.45, 2.75) is 43.1 Å². The number of para-hydroxylation sites is 1. The van der Waals surface area contributed by atoms with Gasteiger partial charge in [-0.05, 0) is 36.1 Å². The highest BCUT2D eigenvalue weighted by atomic mass is 16.5. The number of carbonyl (C=O) groups excluding carboxylic acids is 2. The number of hydrogen-bond donors (Lipinski definition) is 0. The van der Waals surface area contributed by atoms with E-state index in [-0.39, 0.29) is 29.6 Å². The largest absolute Gasteiger partial charge is 0.464 e. The maximum atomic E-state index is 13.7. The summed E-state index contributed by atoms with van der Waals surface area (Å²) in [6.07, 6.45) is 3.48. The minimum atomic E-state index is -1.00. The van der Waals surface area contributed by atoms with Crippen LogP contribution in [0.2, 0.25) is 0 Å². The molecule has 7 rings (SSSR count). The monoisotopic (exact) mass is 371 g/mol. The van der Waals surface area contributed by atoms with Crippen molar-refractivity contribution in [2.75, 3.05) is 11.5 Å². The maximum absolute atomic E-state index is 13.7. The molecule has 4 heteroatoms. The predicted molar refractivity (Wildman–Crippen MR) is 105 cm³/mol. The lowest BCUT2D eigenvalue weighted by molar-refractivity contribution is -0.153. The van der Waals surface area contributed by atoms with E-state index < -0.39 is 5.54 Å². The number of rotatable bonds is 2. The van der Waals surface area contributed by atoms with E-state index in [2.05, 4.69) is 30.3 Å². The number of esters is 1. The highest BCUT2D eigenvalue weighted by molar-refractivity contribution is 6.09. The van der Waals surface area contributed by atoms with Crippen LogP contribution in [0, 0.1) is 0 Å². The molecule has 1 amide bonds. The van der Waals surface area contributed by atoms with Gasteiger partial charge >= 0.3 is 5.97 Å². The van der Waals surface area contributed by atoms with Crippen molar-refractivity contribution in [2.24, 2.45) is 0 Å².